The average Bonchev–Trinajstić information content (AvgIpc) is 2.34. The van der Waals surface area contributed by atoms with Crippen molar-refractivity contribution in [1.29, 1.82) is 0 Å². The SMILES string of the molecule is C[N+]([O-])=NOc1nccs1. The summed E-state index contributed by atoms with van der Waals surface area (Å²) >= 11 is 1.27. The Labute approximate surface area is 61.1 Å². The van der Waals surface area contributed by atoms with Gasteiger partial charge in [-0.3, -0.25) is 4.84 Å². The van der Waals surface area contributed by atoms with Crippen LogP contribution in [0.1, 0.15) is 0 Å². The Kier molecular flexibility index (Phi) is 2.16. The quantitative estimate of drug-likeness (QED) is 0.368. The molecule has 0 spiro atoms. The van der Waals surface area contributed by atoms with E-state index >= 15 is 0 Å². The van der Waals surface area contributed by atoms with Crippen molar-refractivity contribution in [3.05, 3.63) is 16.8 Å². The maximum absolute atomic E-state index is 10.1. The lowest BCUT2D eigenvalue weighted by atomic mass is 11.0. The Hall–Kier alpha value is -1.17. The predicted octanol–water partition coefficient (Wildman–Crippen LogP) is 1.03. The average molecular weight is 159 g/mol. The molecule has 54 valence electrons. The summed E-state index contributed by atoms with van der Waals surface area (Å²) in [7, 11) is 1.23. The van der Waals surface area contributed by atoms with Crippen molar-refractivity contribution in [2.24, 2.45) is 5.28 Å². The zero-order valence-electron chi connectivity index (χ0n) is 5.22. The first-order chi connectivity index (χ1) is 4.79. The smallest absolute Gasteiger partial charge is 0.311 e. The van der Waals surface area contributed by atoms with Gasteiger partial charge in [0, 0.05) is 11.6 Å². The number of nitrogens with zero attached hydrogens (tertiary/aromatic N) is 3. The zero-order chi connectivity index (χ0) is 7.40. The first-order valence-corrected chi connectivity index (χ1v) is 3.35. The molecular formula is C4H5N3O2S. The number of aromatic nitrogens is 1. The maximum atomic E-state index is 10.1. The molecule has 0 N–H and O–H groups in total. The molecule has 6 heteroatoms. The standard InChI is InChI=1S/C4H5N3O2S/c1-7(8)6-9-4-5-2-3-10-4/h2-3H,1H3. The van der Waals surface area contributed by atoms with Gasteiger partial charge in [0.25, 0.3) is 0 Å². The lowest BCUT2D eigenvalue weighted by Crippen LogP contribution is -1.92. The Balaban J connectivity index is 2.49. The van der Waals surface area contributed by atoms with Gasteiger partial charge in [0.2, 0.25) is 5.28 Å². The molecule has 0 aliphatic rings. The first-order valence-electron chi connectivity index (χ1n) is 2.47. The number of hydrogen-bond donors (Lipinski definition) is 0. The second-order valence-corrected chi connectivity index (χ2v) is 2.29. The highest BCUT2D eigenvalue weighted by atomic mass is 32.1. The van der Waals surface area contributed by atoms with Crippen LogP contribution < -0.4 is 4.84 Å². The van der Waals surface area contributed by atoms with E-state index in [0.29, 0.717) is 10.1 Å². The van der Waals surface area contributed by atoms with Crippen molar-refractivity contribution in [3.63, 3.8) is 0 Å². The zero-order valence-corrected chi connectivity index (χ0v) is 6.04. The monoisotopic (exact) mass is 159 g/mol. The van der Waals surface area contributed by atoms with Gasteiger partial charge in [0.15, 0.2) is 7.05 Å². The number of hydroxylamine groups is 1. The van der Waals surface area contributed by atoms with E-state index in [0.717, 1.165) is 0 Å². The van der Waals surface area contributed by atoms with E-state index < -0.39 is 0 Å². The fourth-order valence-electron chi connectivity index (χ4n) is 0.348. The van der Waals surface area contributed by atoms with E-state index in [1.54, 1.807) is 11.6 Å². The molecule has 1 rings (SSSR count). The maximum Gasteiger partial charge on any atom is 0.311 e. The van der Waals surface area contributed by atoms with Gasteiger partial charge in [-0.15, -0.1) is 0 Å². The highest BCUT2D eigenvalue weighted by Gasteiger charge is 1.94. The Morgan fingerprint density at radius 1 is 1.90 bits per heavy atom. The highest BCUT2D eigenvalue weighted by Crippen LogP contribution is 2.13. The van der Waals surface area contributed by atoms with E-state index in [-0.39, 0.29) is 0 Å². The summed E-state index contributed by atoms with van der Waals surface area (Å²) in [6, 6.07) is 0. The largest absolute Gasteiger partial charge is 0.598 e. The normalized spacial score (nSPS) is 11.5. The van der Waals surface area contributed by atoms with E-state index in [1.807, 2.05) is 0 Å². The summed E-state index contributed by atoms with van der Waals surface area (Å²) in [4.78, 5) is 8.60. The van der Waals surface area contributed by atoms with Gasteiger partial charge in [0.05, 0.1) is 0 Å². The van der Waals surface area contributed by atoms with E-state index in [2.05, 4.69) is 15.1 Å². The van der Waals surface area contributed by atoms with Crippen LogP contribution in [0.5, 0.6) is 5.19 Å². The van der Waals surface area contributed by atoms with Crippen LogP contribution in [0.3, 0.4) is 0 Å². The molecule has 0 fully saturated rings. The Morgan fingerprint density at radius 3 is 3.20 bits per heavy atom. The summed E-state index contributed by atoms with van der Waals surface area (Å²) in [5, 5.41) is 15.3. The third-order valence-electron chi connectivity index (χ3n) is 0.644. The number of rotatable bonds is 2. The van der Waals surface area contributed by atoms with Gasteiger partial charge in [-0.05, 0) is 0 Å². The molecule has 10 heavy (non-hydrogen) atoms. The minimum atomic E-state index is 0.321. The van der Waals surface area contributed by atoms with Crippen molar-refractivity contribution < 1.29 is 9.70 Å². The van der Waals surface area contributed by atoms with E-state index in [9.17, 15) is 5.21 Å². The molecule has 0 saturated heterocycles. The Morgan fingerprint density at radius 2 is 2.70 bits per heavy atom. The van der Waals surface area contributed by atoms with Crippen molar-refractivity contribution in [2.45, 2.75) is 0 Å². The molecule has 0 bridgehead atoms. The molecule has 1 heterocycles. The fraction of sp³-hybridized carbons (Fsp3) is 0.250. The van der Waals surface area contributed by atoms with Crippen LogP contribution >= 0.6 is 11.3 Å². The van der Waals surface area contributed by atoms with Crippen LogP contribution in [0.2, 0.25) is 0 Å². The predicted molar refractivity (Wildman–Crippen MR) is 34.7 cm³/mol. The molecule has 0 atom stereocenters. The van der Waals surface area contributed by atoms with Gasteiger partial charge in [-0.25, -0.2) is 4.98 Å². The summed E-state index contributed by atoms with van der Waals surface area (Å²) in [6.07, 6.45) is 1.57. The van der Waals surface area contributed by atoms with Gasteiger partial charge in [0.1, 0.15) is 0 Å². The summed E-state index contributed by atoms with van der Waals surface area (Å²) in [6.45, 7) is 0. The van der Waals surface area contributed by atoms with E-state index in [1.165, 1.54) is 18.4 Å². The van der Waals surface area contributed by atoms with E-state index in [4.69, 9.17) is 0 Å². The molecule has 0 amide bonds. The van der Waals surface area contributed by atoms with Crippen molar-refractivity contribution in [2.75, 3.05) is 7.05 Å². The second kappa shape index (κ2) is 3.11. The van der Waals surface area contributed by atoms with Crippen molar-refractivity contribution in [1.82, 2.24) is 4.98 Å². The minimum Gasteiger partial charge on any atom is -0.598 e. The summed E-state index contributed by atoms with van der Waals surface area (Å²) in [5.41, 5.74) is 0. The number of hydrogen-bond acceptors (Lipinski definition) is 5. The van der Waals surface area contributed by atoms with Crippen LogP contribution in [0.25, 0.3) is 0 Å². The molecule has 0 saturated carbocycles. The van der Waals surface area contributed by atoms with Gasteiger partial charge in [-0.2, -0.15) is 0 Å². The second-order valence-electron chi connectivity index (χ2n) is 1.44. The molecule has 0 radical (unpaired) electrons. The molecule has 1 aromatic rings. The van der Waals surface area contributed by atoms with Crippen LogP contribution in [-0.2, 0) is 0 Å². The molecule has 0 aliphatic carbocycles. The summed E-state index contributed by atoms with van der Waals surface area (Å²) in [5.74, 6) is 0. The van der Waals surface area contributed by atoms with Gasteiger partial charge >= 0.3 is 5.19 Å². The highest BCUT2D eigenvalue weighted by molar-refractivity contribution is 7.11. The lowest BCUT2D eigenvalue weighted by molar-refractivity contribution is -0.522. The fourth-order valence-corrected chi connectivity index (χ4v) is 0.784. The van der Waals surface area contributed by atoms with Crippen LogP contribution in [0, 0.1) is 5.21 Å². The Bertz CT molecular complexity index is 216. The van der Waals surface area contributed by atoms with Crippen molar-refractivity contribution in [3.8, 4) is 5.19 Å². The van der Waals surface area contributed by atoms with Crippen LogP contribution in [-0.4, -0.2) is 16.9 Å². The van der Waals surface area contributed by atoms with Gasteiger partial charge < -0.3 is 5.21 Å². The lowest BCUT2D eigenvalue weighted by Gasteiger charge is -1.88. The molecular weight excluding hydrogens is 154 g/mol. The topological polar surface area (TPSA) is 60.5 Å². The van der Waals surface area contributed by atoms with Crippen molar-refractivity contribution >= 4 is 11.3 Å². The van der Waals surface area contributed by atoms with Crippen LogP contribution in [0.15, 0.2) is 16.9 Å². The number of thiazole rings is 1. The molecule has 0 aliphatic heterocycles. The third-order valence-corrected chi connectivity index (χ3v) is 1.28. The molecule has 5 nitrogen and oxygen atoms in total. The molecule has 1 aromatic heterocycles. The first kappa shape index (κ1) is 6.94. The molecule has 0 aromatic carbocycles. The summed E-state index contributed by atoms with van der Waals surface area (Å²) < 4.78 is 0. The third kappa shape index (κ3) is 1.98. The van der Waals surface area contributed by atoms with Gasteiger partial charge in [-0.1, -0.05) is 16.2 Å². The molecule has 0 unspecified atom stereocenters. The van der Waals surface area contributed by atoms with Crippen LogP contribution in [0.4, 0.5) is 0 Å². The minimum absolute atomic E-state index is 0.321.